The zero-order valence-corrected chi connectivity index (χ0v) is 20.3. The SMILES string of the molecule is CCCC1=C(C)c2c(c(OCCN(C)CCOC)cc3[nH]ncc23)NC1c1cn[nH]c1C(F)(F)F. The maximum atomic E-state index is 13.8. The Morgan fingerprint density at radius 3 is 2.57 bits per heavy atom. The van der Waals surface area contributed by atoms with Crippen LogP contribution in [0.15, 0.2) is 24.0 Å². The third-order valence-corrected chi connectivity index (χ3v) is 6.39. The van der Waals surface area contributed by atoms with E-state index in [4.69, 9.17) is 9.47 Å². The van der Waals surface area contributed by atoms with Crippen molar-refractivity contribution in [2.45, 2.75) is 38.9 Å². The van der Waals surface area contributed by atoms with Gasteiger partial charge in [0.05, 0.1) is 36.2 Å². The Bertz CT molecular complexity index is 1200. The summed E-state index contributed by atoms with van der Waals surface area (Å²) in [6.45, 7) is 6.42. The molecule has 1 aromatic carbocycles. The molecule has 8 nitrogen and oxygen atoms in total. The molecular formula is C24H31F3N6O2. The van der Waals surface area contributed by atoms with Crippen LogP contribution in [0.2, 0.25) is 0 Å². The lowest BCUT2D eigenvalue weighted by Gasteiger charge is -2.33. The summed E-state index contributed by atoms with van der Waals surface area (Å²) in [7, 11) is 3.64. The first kappa shape index (κ1) is 25.1. The molecule has 190 valence electrons. The van der Waals surface area contributed by atoms with Crippen LogP contribution in [0.5, 0.6) is 5.75 Å². The topological polar surface area (TPSA) is 91.1 Å². The summed E-state index contributed by atoms with van der Waals surface area (Å²) in [6, 6.07) is 1.16. The maximum absolute atomic E-state index is 13.8. The van der Waals surface area contributed by atoms with Gasteiger partial charge in [-0.1, -0.05) is 13.3 Å². The van der Waals surface area contributed by atoms with E-state index in [0.717, 1.165) is 40.6 Å². The number of nitrogens with zero attached hydrogens (tertiary/aromatic N) is 3. The molecule has 3 aromatic rings. The van der Waals surface area contributed by atoms with E-state index >= 15 is 0 Å². The van der Waals surface area contributed by atoms with E-state index in [0.29, 0.717) is 37.6 Å². The molecule has 0 aliphatic carbocycles. The highest BCUT2D eigenvalue weighted by Crippen LogP contribution is 2.50. The Hall–Kier alpha value is -3.05. The summed E-state index contributed by atoms with van der Waals surface area (Å²) in [6.07, 6.45) is -0.113. The number of rotatable bonds is 10. The van der Waals surface area contributed by atoms with Crippen molar-refractivity contribution in [1.82, 2.24) is 25.3 Å². The first-order valence-corrected chi connectivity index (χ1v) is 11.6. The van der Waals surface area contributed by atoms with Gasteiger partial charge in [0.1, 0.15) is 18.1 Å². The molecule has 2 aromatic heterocycles. The summed E-state index contributed by atoms with van der Waals surface area (Å²) >= 11 is 0. The highest BCUT2D eigenvalue weighted by atomic mass is 19.4. The largest absolute Gasteiger partial charge is 0.490 e. The van der Waals surface area contributed by atoms with Gasteiger partial charge in [-0.25, -0.2) is 0 Å². The monoisotopic (exact) mass is 492 g/mol. The van der Waals surface area contributed by atoms with E-state index in [2.05, 4.69) is 30.6 Å². The molecule has 1 aliphatic heterocycles. The number of aromatic amines is 2. The third-order valence-electron chi connectivity index (χ3n) is 6.39. The van der Waals surface area contributed by atoms with Gasteiger partial charge < -0.3 is 19.7 Å². The van der Waals surface area contributed by atoms with Crippen LogP contribution in [0.25, 0.3) is 16.5 Å². The molecule has 3 N–H and O–H groups in total. The van der Waals surface area contributed by atoms with Gasteiger partial charge in [0.25, 0.3) is 0 Å². The normalized spacial score (nSPS) is 16.2. The van der Waals surface area contributed by atoms with Crippen LogP contribution >= 0.6 is 0 Å². The maximum Gasteiger partial charge on any atom is 0.433 e. The first-order valence-electron chi connectivity index (χ1n) is 11.6. The number of ether oxygens (including phenoxy) is 2. The molecule has 0 spiro atoms. The smallest absolute Gasteiger partial charge is 0.433 e. The summed E-state index contributed by atoms with van der Waals surface area (Å²) in [4.78, 5) is 2.09. The summed E-state index contributed by atoms with van der Waals surface area (Å²) in [5.41, 5.74) is 3.42. The number of benzene rings is 1. The summed E-state index contributed by atoms with van der Waals surface area (Å²) in [5, 5.41) is 17.3. The van der Waals surface area contributed by atoms with Crippen LogP contribution in [-0.4, -0.2) is 65.8 Å². The van der Waals surface area contributed by atoms with Gasteiger partial charge in [-0.3, -0.25) is 10.2 Å². The molecule has 0 bridgehead atoms. The second-order valence-corrected chi connectivity index (χ2v) is 8.78. The van der Waals surface area contributed by atoms with Crippen LogP contribution in [-0.2, 0) is 10.9 Å². The highest BCUT2D eigenvalue weighted by Gasteiger charge is 2.40. The van der Waals surface area contributed by atoms with Gasteiger partial charge in [0.15, 0.2) is 0 Å². The number of methoxy groups -OCH3 is 1. The Balaban J connectivity index is 1.76. The second-order valence-electron chi connectivity index (χ2n) is 8.78. The van der Waals surface area contributed by atoms with Crippen molar-refractivity contribution in [2.75, 3.05) is 45.8 Å². The van der Waals surface area contributed by atoms with Gasteiger partial charge in [-0.05, 0) is 31.5 Å². The second kappa shape index (κ2) is 10.3. The molecule has 11 heteroatoms. The highest BCUT2D eigenvalue weighted by molar-refractivity contribution is 6.01. The first-order chi connectivity index (χ1) is 16.8. The summed E-state index contributed by atoms with van der Waals surface area (Å²) < 4.78 is 52.6. The van der Waals surface area contributed by atoms with Gasteiger partial charge in [0.2, 0.25) is 0 Å². The number of hydrogen-bond acceptors (Lipinski definition) is 6. The molecule has 4 rings (SSSR count). The number of likely N-dealkylation sites (N-methyl/N-ethyl adjacent to an activating group) is 1. The van der Waals surface area contributed by atoms with Crippen LogP contribution in [0.3, 0.4) is 0 Å². The lowest BCUT2D eigenvalue weighted by atomic mass is 9.83. The van der Waals surface area contributed by atoms with Crippen LogP contribution in [0.1, 0.15) is 49.6 Å². The summed E-state index contributed by atoms with van der Waals surface area (Å²) in [5.74, 6) is 0.564. The molecule has 0 radical (unpaired) electrons. The van der Waals surface area contributed by atoms with E-state index < -0.39 is 17.9 Å². The molecule has 1 atom stereocenters. The third kappa shape index (κ3) is 5.01. The fraction of sp³-hybridized carbons (Fsp3) is 0.500. The van der Waals surface area contributed by atoms with E-state index in [1.54, 1.807) is 13.3 Å². The minimum atomic E-state index is -4.54. The van der Waals surface area contributed by atoms with Crippen molar-refractivity contribution in [3.63, 3.8) is 0 Å². The molecule has 0 fully saturated rings. The molecule has 3 heterocycles. The van der Waals surface area contributed by atoms with Gasteiger partial charge in [-0.2, -0.15) is 23.4 Å². The average Bonchev–Trinajstić information content (AvgIpc) is 3.48. The number of aromatic nitrogens is 4. The van der Waals surface area contributed by atoms with Crippen molar-refractivity contribution < 1.29 is 22.6 Å². The fourth-order valence-corrected chi connectivity index (χ4v) is 4.60. The Kier molecular flexibility index (Phi) is 7.36. The predicted octanol–water partition coefficient (Wildman–Crippen LogP) is 5.00. The zero-order valence-electron chi connectivity index (χ0n) is 20.3. The van der Waals surface area contributed by atoms with Gasteiger partial charge in [0, 0.05) is 42.8 Å². The molecule has 0 amide bonds. The Morgan fingerprint density at radius 2 is 1.86 bits per heavy atom. The number of fused-ring (bicyclic) bond motifs is 3. The lowest BCUT2D eigenvalue weighted by Crippen LogP contribution is -2.28. The lowest BCUT2D eigenvalue weighted by molar-refractivity contribution is -0.141. The minimum absolute atomic E-state index is 0.0727. The van der Waals surface area contributed by atoms with Crippen LogP contribution < -0.4 is 10.1 Å². The van der Waals surface area contributed by atoms with Crippen molar-refractivity contribution in [2.24, 2.45) is 0 Å². The number of anilines is 1. The van der Waals surface area contributed by atoms with E-state index in [9.17, 15) is 13.2 Å². The molecule has 35 heavy (non-hydrogen) atoms. The van der Waals surface area contributed by atoms with Gasteiger partial charge >= 0.3 is 6.18 Å². The minimum Gasteiger partial charge on any atom is -0.490 e. The van der Waals surface area contributed by atoms with E-state index in [-0.39, 0.29) is 5.56 Å². The Labute approximate surface area is 201 Å². The number of nitrogens with one attached hydrogen (secondary N) is 3. The standard InChI is InChI=1S/C24H31F3N6O2/c1-5-6-15-14(2)20-16-12-28-31-18(16)11-19(35-10-8-33(3)7-9-34-4)22(20)30-21(15)17-13-29-32-23(17)24(25,26)27/h11-13,21,30H,5-10H2,1-4H3,(H,28,31)(H,29,32). The number of halogens is 3. The quantitative estimate of drug-likeness (QED) is 0.369. The predicted molar refractivity (Wildman–Crippen MR) is 128 cm³/mol. The molecule has 0 saturated carbocycles. The average molecular weight is 493 g/mol. The van der Waals surface area contributed by atoms with Crippen molar-refractivity contribution in [3.8, 4) is 5.75 Å². The van der Waals surface area contributed by atoms with Crippen LogP contribution in [0, 0.1) is 0 Å². The number of hydrogen-bond donors (Lipinski definition) is 3. The number of alkyl halides is 3. The number of allylic oxidation sites excluding steroid dienone is 1. The number of H-pyrrole nitrogens is 2. The van der Waals surface area contributed by atoms with E-state index in [1.807, 2.05) is 27.0 Å². The van der Waals surface area contributed by atoms with Crippen molar-refractivity contribution in [1.29, 1.82) is 0 Å². The van der Waals surface area contributed by atoms with Crippen molar-refractivity contribution in [3.05, 3.63) is 40.9 Å². The molecule has 1 aliphatic rings. The van der Waals surface area contributed by atoms with Crippen LogP contribution in [0.4, 0.5) is 18.9 Å². The molecule has 1 unspecified atom stereocenters. The van der Waals surface area contributed by atoms with Crippen molar-refractivity contribution >= 4 is 22.2 Å². The molecule has 0 saturated heterocycles. The van der Waals surface area contributed by atoms with Gasteiger partial charge in [-0.15, -0.1) is 0 Å². The van der Waals surface area contributed by atoms with E-state index in [1.165, 1.54) is 6.20 Å². The molecular weight excluding hydrogens is 461 g/mol. The fourth-order valence-electron chi connectivity index (χ4n) is 4.60. The zero-order chi connectivity index (χ0) is 25.2. The Morgan fingerprint density at radius 1 is 1.11 bits per heavy atom.